The lowest BCUT2D eigenvalue weighted by atomic mass is 10.2. The Morgan fingerprint density at radius 2 is 1.75 bits per heavy atom. The van der Waals surface area contributed by atoms with Gasteiger partial charge in [0.15, 0.2) is 5.75 Å². The minimum Gasteiger partial charge on any atom is -0.488 e. The minimum atomic E-state index is -3.85. The predicted octanol–water partition coefficient (Wildman–Crippen LogP) is 2.69. The smallest absolute Gasteiger partial charge is 0.238 e. The molecule has 0 aromatic heterocycles. The van der Waals surface area contributed by atoms with Crippen LogP contribution in [0.5, 0.6) is 5.75 Å². The Balaban J connectivity index is 2.68. The molecule has 20 heavy (non-hydrogen) atoms. The van der Waals surface area contributed by atoms with Gasteiger partial charge in [0.05, 0.1) is 21.5 Å². The van der Waals surface area contributed by atoms with Crippen LogP contribution in [0.3, 0.4) is 0 Å². The van der Waals surface area contributed by atoms with E-state index in [1.54, 1.807) is 0 Å². The maximum absolute atomic E-state index is 11.2. The Bertz CT molecular complexity index is 538. The van der Waals surface area contributed by atoms with Crippen LogP contribution in [0.1, 0.15) is 13.8 Å². The number of benzene rings is 1. The van der Waals surface area contributed by atoms with Crippen molar-refractivity contribution in [3.8, 4) is 5.75 Å². The minimum absolute atomic E-state index is 0.0883. The summed E-state index contributed by atoms with van der Waals surface area (Å²) in [5, 5.41) is 5.18. The molecule has 0 saturated carbocycles. The molecule has 1 rings (SSSR count). The van der Waals surface area contributed by atoms with Gasteiger partial charge in [-0.3, -0.25) is 0 Å². The Labute approximate surface area is 129 Å². The van der Waals surface area contributed by atoms with Crippen LogP contribution in [0.25, 0.3) is 0 Å². The molecule has 0 heterocycles. The molecular weight excluding hydrogens is 325 g/mol. The summed E-state index contributed by atoms with van der Waals surface area (Å²) in [5.74, 6) is 0.658. The SMILES string of the molecule is CC(C)COCCOc1c(Cl)cc(S(N)(=O)=O)cc1Cl. The summed E-state index contributed by atoms with van der Waals surface area (Å²) in [6.45, 7) is 5.37. The lowest BCUT2D eigenvalue weighted by Crippen LogP contribution is -2.13. The molecule has 0 unspecified atom stereocenters. The highest BCUT2D eigenvalue weighted by molar-refractivity contribution is 7.89. The zero-order chi connectivity index (χ0) is 15.3. The number of rotatable bonds is 7. The Morgan fingerprint density at radius 1 is 1.20 bits per heavy atom. The summed E-state index contributed by atoms with van der Waals surface area (Å²) >= 11 is 11.9. The van der Waals surface area contributed by atoms with E-state index < -0.39 is 10.0 Å². The Hall–Kier alpha value is -0.530. The van der Waals surface area contributed by atoms with Gasteiger partial charge >= 0.3 is 0 Å². The number of primary sulfonamides is 1. The van der Waals surface area contributed by atoms with Crippen molar-refractivity contribution < 1.29 is 17.9 Å². The predicted molar refractivity (Wildman–Crippen MR) is 79.0 cm³/mol. The lowest BCUT2D eigenvalue weighted by Gasteiger charge is -2.12. The van der Waals surface area contributed by atoms with E-state index in [1.807, 2.05) is 13.8 Å². The standard InChI is InChI=1S/C12H17Cl2NO4S/c1-8(2)7-18-3-4-19-12-10(13)5-9(6-11(12)14)20(15,16)17/h5-6,8H,3-4,7H2,1-2H3,(H2,15,16,17). The van der Waals surface area contributed by atoms with Gasteiger partial charge in [0.2, 0.25) is 10.0 Å². The van der Waals surface area contributed by atoms with E-state index in [2.05, 4.69) is 0 Å². The van der Waals surface area contributed by atoms with Gasteiger partial charge in [0.1, 0.15) is 6.61 Å². The van der Waals surface area contributed by atoms with Crippen LogP contribution in [0.4, 0.5) is 0 Å². The van der Waals surface area contributed by atoms with Gasteiger partial charge in [-0.1, -0.05) is 37.0 Å². The first kappa shape index (κ1) is 17.5. The van der Waals surface area contributed by atoms with Crippen molar-refractivity contribution in [2.24, 2.45) is 11.1 Å². The summed E-state index contributed by atoms with van der Waals surface area (Å²) in [5.41, 5.74) is 0. The third kappa shape index (κ3) is 5.46. The topological polar surface area (TPSA) is 78.6 Å². The number of sulfonamides is 1. The number of hydrogen-bond acceptors (Lipinski definition) is 4. The van der Waals surface area contributed by atoms with Gasteiger partial charge in [-0.15, -0.1) is 0 Å². The van der Waals surface area contributed by atoms with Gasteiger partial charge in [0, 0.05) is 6.61 Å². The van der Waals surface area contributed by atoms with Crippen molar-refractivity contribution in [1.82, 2.24) is 0 Å². The van der Waals surface area contributed by atoms with Crippen LogP contribution >= 0.6 is 23.2 Å². The highest BCUT2D eigenvalue weighted by atomic mass is 35.5. The molecule has 8 heteroatoms. The first-order chi connectivity index (χ1) is 9.21. The first-order valence-electron chi connectivity index (χ1n) is 5.94. The summed E-state index contributed by atoms with van der Waals surface area (Å²) < 4.78 is 33.2. The summed E-state index contributed by atoms with van der Waals surface area (Å²) in [7, 11) is -3.85. The molecule has 1 aromatic carbocycles. The van der Waals surface area contributed by atoms with Crippen molar-refractivity contribution in [3.05, 3.63) is 22.2 Å². The van der Waals surface area contributed by atoms with Crippen LogP contribution in [0.2, 0.25) is 10.0 Å². The highest BCUT2D eigenvalue weighted by Gasteiger charge is 2.15. The lowest BCUT2D eigenvalue weighted by molar-refractivity contribution is 0.0819. The maximum Gasteiger partial charge on any atom is 0.238 e. The molecule has 0 aliphatic heterocycles. The van der Waals surface area contributed by atoms with E-state index in [4.69, 9.17) is 37.8 Å². The van der Waals surface area contributed by atoms with Crippen molar-refractivity contribution in [1.29, 1.82) is 0 Å². The fourth-order valence-electron chi connectivity index (χ4n) is 1.36. The average molecular weight is 342 g/mol. The van der Waals surface area contributed by atoms with E-state index in [-0.39, 0.29) is 27.3 Å². The second kappa shape index (κ2) is 7.47. The molecule has 0 atom stereocenters. The second-order valence-electron chi connectivity index (χ2n) is 4.58. The molecule has 0 saturated heterocycles. The van der Waals surface area contributed by atoms with Crippen molar-refractivity contribution >= 4 is 33.2 Å². The van der Waals surface area contributed by atoms with E-state index >= 15 is 0 Å². The van der Waals surface area contributed by atoms with Crippen LogP contribution in [-0.2, 0) is 14.8 Å². The molecule has 0 bridgehead atoms. The molecule has 5 nitrogen and oxygen atoms in total. The zero-order valence-electron chi connectivity index (χ0n) is 11.2. The van der Waals surface area contributed by atoms with Gasteiger partial charge < -0.3 is 9.47 Å². The number of halogens is 2. The van der Waals surface area contributed by atoms with Crippen LogP contribution in [0, 0.1) is 5.92 Å². The molecule has 1 aromatic rings. The quantitative estimate of drug-likeness (QED) is 0.773. The zero-order valence-corrected chi connectivity index (χ0v) is 13.6. The van der Waals surface area contributed by atoms with Gasteiger partial charge in [-0.25, -0.2) is 13.6 Å². The van der Waals surface area contributed by atoms with Crippen molar-refractivity contribution in [2.75, 3.05) is 19.8 Å². The average Bonchev–Trinajstić information content (AvgIpc) is 2.29. The van der Waals surface area contributed by atoms with Crippen LogP contribution in [-0.4, -0.2) is 28.2 Å². The largest absolute Gasteiger partial charge is 0.488 e. The highest BCUT2D eigenvalue weighted by Crippen LogP contribution is 2.35. The van der Waals surface area contributed by atoms with Crippen molar-refractivity contribution in [3.63, 3.8) is 0 Å². The summed E-state index contributed by atoms with van der Waals surface area (Å²) in [4.78, 5) is -0.157. The summed E-state index contributed by atoms with van der Waals surface area (Å²) in [6.07, 6.45) is 0. The molecule has 114 valence electrons. The molecule has 0 radical (unpaired) electrons. The number of ether oxygens (including phenoxy) is 2. The fourth-order valence-corrected chi connectivity index (χ4v) is 2.65. The number of nitrogens with two attached hydrogens (primary N) is 1. The maximum atomic E-state index is 11.2. The van der Waals surface area contributed by atoms with Crippen LogP contribution in [0.15, 0.2) is 17.0 Å². The third-order valence-corrected chi connectivity index (χ3v) is 3.68. The Kier molecular flexibility index (Phi) is 6.54. The molecule has 0 spiro atoms. The van der Waals surface area contributed by atoms with Gasteiger partial charge in [-0.2, -0.15) is 0 Å². The van der Waals surface area contributed by atoms with E-state index in [0.717, 1.165) is 0 Å². The third-order valence-electron chi connectivity index (χ3n) is 2.23. The number of hydrogen-bond donors (Lipinski definition) is 1. The van der Waals surface area contributed by atoms with Gasteiger partial charge in [-0.05, 0) is 18.1 Å². The molecule has 0 fully saturated rings. The second-order valence-corrected chi connectivity index (χ2v) is 6.95. The normalized spacial score (nSPS) is 11.9. The fraction of sp³-hybridized carbons (Fsp3) is 0.500. The van der Waals surface area contributed by atoms with E-state index in [1.165, 1.54) is 12.1 Å². The van der Waals surface area contributed by atoms with E-state index in [9.17, 15) is 8.42 Å². The Morgan fingerprint density at radius 3 is 2.20 bits per heavy atom. The van der Waals surface area contributed by atoms with Crippen LogP contribution < -0.4 is 9.88 Å². The molecule has 0 aliphatic rings. The first-order valence-corrected chi connectivity index (χ1v) is 8.24. The summed E-state index contributed by atoms with van der Waals surface area (Å²) in [6, 6.07) is 2.40. The van der Waals surface area contributed by atoms with Gasteiger partial charge in [0.25, 0.3) is 0 Å². The molecule has 2 N–H and O–H groups in total. The van der Waals surface area contributed by atoms with E-state index in [0.29, 0.717) is 19.1 Å². The van der Waals surface area contributed by atoms with Crippen molar-refractivity contribution in [2.45, 2.75) is 18.7 Å². The monoisotopic (exact) mass is 341 g/mol. The molecule has 0 amide bonds. The molecular formula is C12H17Cl2NO4S. The molecule has 0 aliphatic carbocycles.